The van der Waals surface area contributed by atoms with E-state index in [0.717, 1.165) is 18.4 Å². The summed E-state index contributed by atoms with van der Waals surface area (Å²) in [5.41, 5.74) is 0.766. The molecule has 0 spiro atoms. The summed E-state index contributed by atoms with van der Waals surface area (Å²) >= 11 is 0. The van der Waals surface area contributed by atoms with Gasteiger partial charge in [0.1, 0.15) is 6.23 Å². The van der Waals surface area contributed by atoms with Crippen molar-refractivity contribution in [2.75, 3.05) is 6.54 Å². The fraction of sp³-hybridized carbons (Fsp3) is 0.500. The Morgan fingerprint density at radius 2 is 2.00 bits per heavy atom. The number of hydrogen-bond donors (Lipinski definition) is 1. The van der Waals surface area contributed by atoms with E-state index in [1.165, 1.54) is 4.90 Å². The molecule has 2 nitrogen and oxygen atoms in total. The topological polar surface area (TPSA) is 23.5 Å². The van der Waals surface area contributed by atoms with Crippen LogP contribution in [0.2, 0.25) is 0 Å². The first kappa shape index (κ1) is 10.6. The molecule has 82 valence electrons. The van der Waals surface area contributed by atoms with Crippen LogP contribution in [0.25, 0.3) is 0 Å². The first-order valence-electron chi connectivity index (χ1n) is 5.42. The molecule has 0 bridgehead atoms. The molecule has 0 radical (unpaired) electrons. The monoisotopic (exact) mass is 209 g/mol. The van der Waals surface area contributed by atoms with E-state index in [1.54, 1.807) is 0 Å². The highest BCUT2D eigenvalue weighted by molar-refractivity contribution is 5.17. The largest absolute Gasteiger partial charge is 0.374 e. The highest BCUT2D eigenvalue weighted by Gasteiger charge is 2.27. The number of likely N-dealkylation sites (tertiary alicyclic amines) is 1. The van der Waals surface area contributed by atoms with Crippen LogP contribution in [0, 0.1) is 0 Å². The average Bonchev–Trinajstić information content (AvgIpc) is 2.30. The highest BCUT2D eigenvalue weighted by atomic mass is 19.1. The molecule has 0 aromatic heterocycles. The van der Waals surface area contributed by atoms with Gasteiger partial charge in [0.15, 0.2) is 6.30 Å². The van der Waals surface area contributed by atoms with Crippen molar-refractivity contribution >= 4 is 0 Å². The predicted molar refractivity (Wildman–Crippen MR) is 56.9 cm³/mol. The molecule has 0 saturated carbocycles. The Morgan fingerprint density at radius 1 is 1.27 bits per heavy atom. The second-order valence-corrected chi connectivity index (χ2v) is 3.95. The summed E-state index contributed by atoms with van der Waals surface area (Å²) in [6.45, 7) is 0.636. The molecule has 1 aromatic rings. The Hall–Kier alpha value is -0.930. The van der Waals surface area contributed by atoms with Crippen LogP contribution in [-0.2, 0) is 0 Å². The summed E-state index contributed by atoms with van der Waals surface area (Å²) in [6.07, 6.45) is 0.600. The van der Waals surface area contributed by atoms with Crippen molar-refractivity contribution in [3.63, 3.8) is 0 Å². The number of benzene rings is 1. The van der Waals surface area contributed by atoms with Crippen molar-refractivity contribution in [3.05, 3.63) is 35.9 Å². The highest BCUT2D eigenvalue weighted by Crippen LogP contribution is 2.27. The van der Waals surface area contributed by atoms with Gasteiger partial charge in [0.25, 0.3) is 0 Å². The number of alkyl halides is 1. The Morgan fingerprint density at radius 3 is 2.67 bits per heavy atom. The van der Waals surface area contributed by atoms with E-state index in [1.807, 2.05) is 30.3 Å². The molecule has 0 amide bonds. The Bertz CT molecular complexity index is 304. The van der Waals surface area contributed by atoms with E-state index < -0.39 is 12.5 Å². The number of hydrogen-bond acceptors (Lipinski definition) is 2. The van der Waals surface area contributed by atoms with Gasteiger partial charge in [0, 0.05) is 6.54 Å². The van der Waals surface area contributed by atoms with Gasteiger partial charge in [-0.15, -0.1) is 0 Å². The summed E-state index contributed by atoms with van der Waals surface area (Å²) in [4.78, 5) is 1.53. The normalized spacial score (nSPS) is 25.1. The lowest BCUT2D eigenvalue weighted by Gasteiger charge is -2.34. The minimum absolute atomic E-state index is 0.532. The number of halogens is 1. The molecule has 1 aromatic carbocycles. The van der Waals surface area contributed by atoms with Gasteiger partial charge in [-0.3, -0.25) is 0 Å². The van der Waals surface area contributed by atoms with E-state index >= 15 is 0 Å². The first-order chi connectivity index (χ1) is 7.29. The van der Waals surface area contributed by atoms with E-state index in [9.17, 15) is 9.50 Å². The van der Waals surface area contributed by atoms with Crippen LogP contribution in [0.1, 0.15) is 31.1 Å². The fourth-order valence-corrected chi connectivity index (χ4v) is 2.01. The predicted octanol–water partition coefficient (Wildman–Crippen LogP) is 2.46. The van der Waals surface area contributed by atoms with E-state index in [2.05, 4.69) is 0 Å². The average molecular weight is 209 g/mol. The number of aliphatic hydroxyl groups is 1. The molecule has 2 atom stereocenters. The quantitative estimate of drug-likeness (QED) is 0.756. The van der Waals surface area contributed by atoms with Crippen LogP contribution in [0.4, 0.5) is 4.39 Å². The summed E-state index contributed by atoms with van der Waals surface area (Å²) in [5.74, 6) is 0. The molecule has 1 aliphatic heterocycles. The minimum atomic E-state index is -1.01. The maximum absolute atomic E-state index is 13.6. The number of nitrogens with zero attached hydrogens (tertiary/aromatic N) is 1. The zero-order valence-electron chi connectivity index (χ0n) is 8.64. The van der Waals surface area contributed by atoms with E-state index in [0.29, 0.717) is 13.0 Å². The zero-order valence-corrected chi connectivity index (χ0v) is 8.64. The van der Waals surface area contributed by atoms with E-state index in [-0.39, 0.29) is 0 Å². The van der Waals surface area contributed by atoms with Crippen LogP contribution < -0.4 is 0 Å². The van der Waals surface area contributed by atoms with Crippen molar-refractivity contribution in [3.8, 4) is 0 Å². The van der Waals surface area contributed by atoms with Crippen LogP contribution in [-0.4, -0.2) is 22.8 Å². The molecule has 1 heterocycles. The summed E-state index contributed by atoms with van der Waals surface area (Å²) in [5, 5.41) is 10.0. The van der Waals surface area contributed by atoms with Crippen molar-refractivity contribution < 1.29 is 9.50 Å². The maximum Gasteiger partial charge on any atom is 0.155 e. The Balaban J connectivity index is 2.09. The van der Waals surface area contributed by atoms with Gasteiger partial charge < -0.3 is 5.11 Å². The lowest BCUT2D eigenvalue weighted by Crippen LogP contribution is -2.39. The Labute approximate surface area is 89.3 Å². The van der Waals surface area contributed by atoms with Gasteiger partial charge in [0.05, 0.1) is 0 Å². The van der Waals surface area contributed by atoms with Crippen LogP contribution >= 0.6 is 0 Å². The molecule has 3 heteroatoms. The lowest BCUT2D eigenvalue weighted by atomic mass is 10.1. The molecule has 0 aliphatic carbocycles. The van der Waals surface area contributed by atoms with Gasteiger partial charge in [-0.25, -0.2) is 9.29 Å². The Kier molecular flexibility index (Phi) is 3.34. The van der Waals surface area contributed by atoms with Crippen molar-refractivity contribution in [1.82, 2.24) is 4.90 Å². The van der Waals surface area contributed by atoms with Gasteiger partial charge in [-0.1, -0.05) is 30.3 Å². The molecule has 15 heavy (non-hydrogen) atoms. The third-order valence-electron chi connectivity index (χ3n) is 2.88. The second kappa shape index (κ2) is 4.73. The van der Waals surface area contributed by atoms with Gasteiger partial charge in [-0.05, 0) is 24.8 Å². The third-order valence-corrected chi connectivity index (χ3v) is 2.88. The van der Waals surface area contributed by atoms with Crippen molar-refractivity contribution in [2.24, 2.45) is 0 Å². The fourth-order valence-electron chi connectivity index (χ4n) is 2.01. The van der Waals surface area contributed by atoms with Crippen LogP contribution in [0.3, 0.4) is 0 Å². The standard InChI is InChI=1S/C12H16FNO/c13-11-8-4-5-9-14(11)12(15)10-6-2-1-3-7-10/h1-3,6-7,11-12,15H,4-5,8-9H2. The number of aliphatic hydroxyl groups excluding tert-OH is 1. The molecular weight excluding hydrogens is 193 g/mol. The lowest BCUT2D eigenvalue weighted by molar-refractivity contribution is -0.0857. The molecule has 1 saturated heterocycles. The van der Waals surface area contributed by atoms with Crippen LogP contribution in [0.15, 0.2) is 30.3 Å². The first-order valence-corrected chi connectivity index (χ1v) is 5.42. The van der Waals surface area contributed by atoms with Crippen molar-refractivity contribution in [1.29, 1.82) is 0 Å². The molecule has 1 N–H and O–H groups in total. The summed E-state index contributed by atoms with van der Waals surface area (Å²) < 4.78 is 13.6. The van der Waals surface area contributed by atoms with Gasteiger partial charge >= 0.3 is 0 Å². The van der Waals surface area contributed by atoms with Crippen molar-refractivity contribution in [2.45, 2.75) is 31.8 Å². The zero-order chi connectivity index (χ0) is 10.7. The van der Waals surface area contributed by atoms with Gasteiger partial charge in [-0.2, -0.15) is 0 Å². The molecule has 1 fully saturated rings. The molecule has 2 rings (SSSR count). The third kappa shape index (κ3) is 2.36. The summed E-state index contributed by atoms with van der Waals surface area (Å²) in [6, 6.07) is 9.25. The number of piperidine rings is 1. The molecule has 2 unspecified atom stereocenters. The minimum Gasteiger partial charge on any atom is -0.374 e. The smallest absolute Gasteiger partial charge is 0.155 e. The second-order valence-electron chi connectivity index (χ2n) is 3.95. The molecular formula is C12H16FNO. The maximum atomic E-state index is 13.6. The molecule has 1 aliphatic rings. The summed E-state index contributed by atoms with van der Waals surface area (Å²) in [7, 11) is 0. The number of rotatable bonds is 2. The van der Waals surface area contributed by atoms with Crippen LogP contribution in [0.5, 0.6) is 0 Å². The van der Waals surface area contributed by atoms with Gasteiger partial charge in [0.2, 0.25) is 0 Å². The SMILES string of the molecule is OC(c1ccccc1)N1CCCCC1F. The van der Waals surface area contributed by atoms with E-state index in [4.69, 9.17) is 0 Å².